The quantitative estimate of drug-likeness (QED) is 0.0630. The predicted molar refractivity (Wildman–Crippen MR) is 167 cm³/mol. The number of nitrogens with one attached hydrogen (secondary N) is 4. The maximum atomic E-state index is 12.1. The van der Waals surface area contributed by atoms with E-state index in [4.69, 9.17) is 9.59 Å². The van der Waals surface area contributed by atoms with Gasteiger partial charge in [-0.05, 0) is 72.5 Å². The van der Waals surface area contributed by atoms with Crippen LogP contribution in [0, 0.1) is 19.9 Å². The van der Waals surface area contributed by atoms with Gasteiger partial charge in [0, 0.05) is 17.3 Å². The molecule has 5 rings (SSSR count). The third-order valence-electron chi connectivity index (χ3n) is 6.48. The van der Waals surface area contributed by atoms with Gasteiger partial charge in [0.15, 0.2) is 0 Å². The fourth-order valence-electron chi connectivity index (χ4n) is 4.39. The molecule has 4 N–H and O–H groups in total. The Bertz CT molecular complexity index is 2330. The van der Waals surface area contributed by atoms with Crippen LogP contribution in [0.15, 0.2) is 48.5 Å². The van der Waals surface area contributed by atoms with E-state index >= 15 is 0 Å². The second-order valence-corrected chi connectivity index (χ2v) is 10.4. The monoisotopic (exact) mass is 872 g/mol. The van der Waals surface area contributed by atoms with Crippen molar-refractivity contribution in [1.82, 2.24) is 29.9 Å². The Morgan fingerprint density at radius 2 is 0.800 bits per heavy atom. The Balaban J connectivity index is -0.00000350. The molecule has 0 saturated heterocycles. The van der Waals surface area contributed by atoms with Gasteiger partial charge in [-0.2, -0.15) is 51.6 Å². The number of aryl methyl sites for hydroxylation is 2. The Hall–Kier alpha value is -2.39. The van der Waals surface area contributed by atoms with Crippen LogP contribution in [0.1, 0.15) is 63.4 Å². The van der Waals surface area contributed by atoms with E-state index in [0.717, 1.165) is 42.5 Å². The standard InChI is InChI=1S/C31H23N10O10.CO2.6Na/c1-12-32-28(40-29(33-12)37-19-7-14(23(42)43)5-15(8-19)24(44)45)36-18-3-4-22(21(11-18)27(50)51)39-31-35-13(2)34-30(41-31)38-20-9-16(25(46)47)6-17(10-20)26(48)49;2-1-3;;;;;;/h4-11H,1-2H3,(H,42,43)(H,44,45)(H,46,47)(H,48,49)(H,50,51)(H2,32,33,36,37,40)(H2,34,35,38,39,41);;;;;;;/q-1;;6*+1/p-5. The fourth-order valence-corrected chi connectivity index (χ4v) is 4.39. The first-order valence-corrected chi connectivity index (χ1v) is 14.5. The van der Waals surface area contributed by atoms with Gasteiger partial charge in [0.1, 0.15) is 11.6 Å². The van der Waals surface area contributed by atoms with Crippen LogP contribution in [0.25, 0.3) is 0 Å². The van der Waals surface area contributed by atoms with E-state index in [2.05, 4.69) is 57.2 Å². The number of aromatic nitrogens is 6. The number of nitrogens with zero attached hydrogens (tertiary/aromatic N) is 6. The average Bonchev–Trinajstić information content (AvgIpc) is 3.08. The smallest absolute Gasteiger partial charge is 0.547 e. The number of hydrogen-bond donors (Lipinski definition) is 4. The van der Waals surface area contributed by atoms with Crippen molar-refractivity contribution in [3.05, 3.63) is 94.1 Å². The van der Waals surface area contributed by atoms with Crippen LogP contribution in [-0.4, -0.2) is 65.9 Å². The van der Waals surface area contributed by atoms with Crippen LogP contribution >= 0.6 is 0 Å². The van der Waals surface area contributed by atoms with Gasteiger partial charge in [0.2, 0.25) is 23.8 Å². The summed E-state index contributed by atoms with van der Waals surface area (Å²) in [5.41, 5.74) is -2.31. The number of benzene rings is 3. The van der Waals surface area contributed by atoms with Crippen LogP contribution in [-0.2, 0) is 9.59 Å². The van der Waals surface area contributed by atoms with Crippen LogP contribution in [0.3, 0.4) is 0 Å². The summed E-state index contributed by atoms with van der Waals surface area (Å²) >= 11 is 0. The molecule has 0 bridgehead atoms. The number of carboxylic acid groups (broad SMARTS) is 5. The second-order valence-electron chi connectivity index (χ2n) is 10.4. The van der Waals surface area contributed by atoms with E-state index in [9.17, 15) is 49.5 Å². The first-order chi connectivity index (χ1) is 25.5. The van der Waals surface area contributed by atoms with Crippen molar-refractivity contribution in [3.8, 4) is 0 Å². The maximum Gasteiger partial charge on any atom is 1.00 e. The molecule has 0 aliphatic rings. The Labute approximate surface area is 471 Å². The molecular weight excluding hydrogens is 854 g/mol. The second kappa shape index (κ2) is 29.1. The van der Waals surface area contributed by atoms with Crippen LogP contribution in [0.4, 0.5) is 46.5 Å². The van der Waals surface area contributed by atoms with E-state index in [1.165, 1.54) is 19.9 Å². The topological polar surface area (TPSA) is 360 Å². The molecule has 0 amide bonds. The summed E-state index contributed by atoms with van der Waals surface area (Å²) in [6.07, 6.45) is 0.250. The molecule has 0 fully saturated rings. The molecule has 0 aliphatic heterocycles. The van der Waals surface area contributed by atoms with Gasteiger partial charge in [0.25, 0.3) is 0 Å². The van der Waals surface area contributed by atoms with Crippen molar-refractivity contribution >= 4 is 82.5 Å². The Morgan fingerprint density at radius 1 is 0.483 bits per heavy atom. The number of carboxylic acids is 5. The summed E-state index contributed by atoms with van der Waals surface area (Å²) in [5.74, 6) is -8.49. The normalized spacial score (nSPS) is 9.10. The number of aromatic carboxylic acids is 5. The molecule has 22 nitrogen and oxygen atoms in total. The maximum absolute atomic E-state index is 12.1. The van der Waals surface area contributed by atoms with Crippen molar-refractivity contribution in [1.29, 1.82) is 0 Å². The molecular formula is C32H18N10Na6O12. The minimum atomic E-state index is -1.64. The summed E-state index contributed by atoms with van der Waals surface area (Å²) < 4.78 is 0. The van der Waals surface area contributed by atoms with Gasteiger partial charge in [-0.25, -0.2) is 0 Å². The SMILES string of the molecule is Cc1nc(Nc2[c-]cc(Nc3nc(C)nc(Nc4cc(C(=O)[O-])cc(C(=O)[O-])c4)n3)c(C(=O)[O-])c2)nc(Nc2cc(C(=O)[O-])cc(C(=O)[O-])c2)n1.O=C=O.[Na+].[Na+].[Na+].[Na+].[Na+].[Na+]. The third-order valence-corrected chi connectivity index (χ3v) is 6.48. The third kappa shape index (κ3) is 18.5. The van der Waals surface area contributed by atoms with Crippen LogP contribution in [0.2, 0.25) is 0 Å². The summed E-state index contributed by atoms with van der Waals surface area (Å²) in [4.78, 5) is 98.4. The minimum Gasteiger partial charge on any atom is -0.547 e. The molecule has 0 radical (unpaired) electrons. The zero-order valence-corrected chi connectivity index (χ0v) is 45.2. The minimum absolute atomic E-state index is 0. The van der Waals surface area contributed by atoms with Gasteiger partial charge >= 0.3 is 183 Å². The number of hydrogen-bond acceptors (Lipinski definition) is 22. The Kier molecular flexibility index (Phi) is 30.0. The van der Waals surface area contributed by atoms with Crippen molar-refractivity contribution in [2.75, 3.05) is 21.3 Å². The van der Waals surface area contributed by atoms with Crippen molar-refractivity contribution in [2.45, 2.75) is 13.8 Å². The first kappa shape index (κ1) is 61.9. The van der Waals surface area contributed by atoms with E-state index in [1.54, 1.807) is 0 Å². The van der Waals surface area contributed by atoms with E-state index < -0.39 is 57.7 Å². The van der Waals surface area contributed by atoms with Gasteiger partial charge < -0.3 is 70.8 Å². The van der Waals surface area contributed by atoms with E-state index in [-0.39, 0.29) is 242 Å². The molecule has 0 unspecified atom stereocenters. The summed E-state index contributed by atoms with van der Waals surface area (Å²) in [7, 11) is 0. The first-order valence-electron chi connectivity index (χ1n) is 14.5. The average molecular weight is 872 g/mol. The molecule has 28 heteroatoms. The number of rotatable bonds is 13. The molecule has 0 saturated carbocycles. The van der Waals surface area contributed by atoms with Crippen LogP contribution in [0.5, 0.6) is 0 Å². The molecule has 0 atom stereocenters. The molecule has 0 aliphatic carbocycles. The van der Waals surface area contributed by atoms with Crippen molar-refractivity contribution in [3.63, 3.8) is 0 Å². The largest absolute Gasteiger partial charge is 1.00 e. The molecule has 2 heterocycles. The Morgan fingerprint density at radius 3 is 1.12 bits per heavy atom. The van der Waals surface area contributed by atoms with Gasteiger partial charge in [-0.1, -0.05) is 16.9 Å². The number of anilines is 8. The van der Waals surface area contributed by atoms with Crippen molar-refractivity contribution in [2.24, 2.45) is 0 Å². The molecule has 60 heavy (non-hydrogen) atoms. The van der Waals surface area contributed by atoms with Gasteiger partial charge in [-0.15, -0.1) is 6.07 Å². The number of carbonyl (C=O) groups excluding carboxylic acids is 7. The van der Waals surface area contributed by atoms with Crippen molar-refractivity contribution < 1.29 is 236 Å². The fraction of sp³-hybridized carbons (Fsp3) is 0.0625. The molecule has 5 aromatic rings. The molecule has 0 spiro atoms. The molecule has 274 valence electrons. The molecule has 3 aromatic carbocycles. The van der Waals surface area contributed by atoms with E-state index in [0.29, 0.717) is 0 Å². The zero-order chi connectivity index (χ0) is 39.7. The van der Waals surface area contributed by atoms with Crippen LogP contribution < -0.4 is 224 Å². The summed E-state index contributed by atoms with van der Waals surface area (Å²) in [6, 6.07) is 11.2. The zero-order valence-electron chi connectivity index (χ0n) is 33.2. The van der Waals surface area contributed by atoms with E-state index in [1.807, 2.05) is 0 Å². The summed E-state index contributed by atoms with van der Waals surface area (Å²) in [5, 5.41) is 68.3. The number of carbonyl (C=O) groups is 5. The predicted octanol–water partition coefficient (Wildman–Crippen LogP) is -21.3. The van der Waals surface area contributed by atoms with Gasteiger partial charge in [-0.3, -0.25) is 0 Å². The molecule has 2 aromatic heterocycles. The van der Waals surface area contributed by atoms with Gasteiger partial charge in [0.05, 0.1) is 23.9 Å². The summed E-state index contributed by atoms with van der Waals surface area (Å²) in [6.45, 7) is 2.97.